The quantitative estimate of drug-likeness (QED) is 0.845. The molecule has 1 aromatic carbocycles. The van der Waals surface area contributed by atoms with Crippen LogP contribution in [0.1, 0.15) is 12.5 Å². The molecular weight excluding hydrogens is 259 g/mol. The van der Waals surface area contributed by atoms with Gasteiger partial charge < -0.3 is 4.74 Å². The fraction of sp³-hybridized carbons (Fsp3) is 0.250. The Kier molecular flexibility index (Phi) is 3.92. The van der Waals surface area contributed by atoms with E-state index in [0.29, 0.717) is 16.7 Å². The zero-order valence-corrected chi connectivity index (χ0v) is 10.9. The summed E-state index contributed by atoms with van der Waals surface area (Å²) in [5.41, 5.74) is 0.864. The highest BCUT2D eigenvalue weighted by molar-refractivity contribution is 6.42. The van der Waals surface area contributed by atoms with E-state index in [1.54, 1.807) is 16.9 Å². The number of halogens is 2. The van der Waals surface area contributed by atoms with Crippen LogP contribution in [0.3, 0.4) is 0 Å². The highest BCUT2D eigenvalue weighted by atomic mass is 35.5. The summed E-state index contributed by atoms with van der Waals surface area (Å²) in [4.78, 5) is 0. The molecule has 90 valence electrons. The second-order valence-electron chi connectivity index (χ2n) is 3.53. The number of hydrogen-bond donors (Lipinski definition) is 0. The van der Waals surface area contributed by atoms with E-state index in [9.17, 15) is 0 Å². The van der Waals surface area contributed by atoms with Crippen molar-refractivity contribution in [2.45, 2.75) is 20.1 Å². The average molecular weight is 271 g/mol. The van der Waals surface area contributed by atoms with Crippen molar-refractivity contribution in [1.29, 1.82) is 0 Å². The number of nitrogens with zero attached hydrogens (tertiary/aromatic N) is 2. The zero-order chi connectivity index (χ0) is 12.3. The van der Waals surface area contributed by atoms with E-state index in [4.69, 9.17) is 27.9 Å². The first-order valence-corrected chi connectivity index (χ1v) is 6.04. The van der Waals surface area contributed by atoms with Gasteiger partial charge in [0.1, 0.15) is 6.61 Å². The third kappa shape index (κ3) is 2.93. The summed E-state index contributed by atoms with van der Waals surface area (Å²) >= 11 is 12.0. The van der Waals surface area contributed by atoms with Crippen molar-refractivity contribution in [1.82, 2.24) is 9.78 Å². The average Bonchev–Trinajstić information content (AvgIpc) is 2.79. The van der Waals surface area contributed by atoms with Crippen LogP contribution in [0.4, 0.5) is 0 Å². The lowest BCUT2D eigenvalue weighted by atomic mass is 10.2. The van der Waals surface area contributed by atoms with Gasteiger partial charge in [-0.05, 0) is 13.0 Å². The van der Waals surface area contributed by atoms with Gasteiger partial charge in [-0.25, -0.2) is 0 Å². The molecular formula is C12H12Cl2N2O. The Morgan fingerprint density at radius 2 is 2.18 bits per heavy atom. The van der Waals surface area contributed by atoms with Gasteiger partial charge >= 0.3 is 0 Å². The van der Waals surface area contributed by atoms with Crippen LogP contribution in [0.5, 0.6) is 5.75 Å². The summed E-state index contributed by atoms with van der Waals surface area (Å²) in [5.74, 6) is 0.725. The molecule has 0 fully saturated rings. The molecule has 0 saturated heterocycles. The monoisotopic (exact) mass is 270 g/mol. The van der Waals surface area contributed by atoms with E-state index >= 15 is 0 Å². The highest BCUT2D eigenvalue weighted by Crippen LogP contribution is 2.26. The van der Waals surface area contributed by atoms with Gasteiger partial charge in [0.05, 0.1) is 22.4 Å². The van der Waals surface area contributed by atoms with Crippen molar-refractivity contribution in [2.24, 2.45) is 0 Å². The predicted octanol–water partition coefficient (Wildman–Crippen LogP) is 3.79. The molecule has 0 unspecified atom stereocenters. The van der Waals surface area contributed by atoms with Crippen LogP contribution in [-0.4, -0.2) is 9.78 Å². The van der Waals surface area contributed by atoms with E-state index in [-0.39, 0.29) is 0 Å². The first-order valence-electron chi connectivity index (χ1n) is 5.29. The van der Waals surface area contributed by atoms with Gasteiger partial charge in [0, 0.05) is 12.1 Å². The second kappa shape index (κ2) is 5.43. The van der Waals surface area contributed by atoms with Crippen LogP contribution < -0.4 is 4.74 Å². The molecule has 5 heteroatoms. The minimum atomic E-state index is 0.384. The fourth-order valence-electron chi connectivity index (χ4n) is 1.41. The fourth-order valence-corrected chi connectivity index (χ4v) is 1.79. The summed E-state index contributed by atoms with van der Waals surface area (Å²) in [5, 5.41) is 5.20. The van der Waals surface area contributed by atoms with Gasteiger partial charge in [0.25, 0.3) is 0 Å². The Labute approximate surface area is 110 Å². The summed E-state index contributed by atoms with van der Waals surface area (Å²) in [6.07, 6.45) is 3.53. The zero-order valence-electron chi connectivity index (χ0n) is 9.36. The molecule has 2 rings (SSSR count). The molecule has 2 aromatic rings. The smallest absolute Gasteiger partial charge is 0.157 e. The van der Waals surface area contributed by atoms with Gasteiger partial charge in [-0.2, -0.15) is 5.10 Å². The molecule has 0 atom stereocenters. The molecule has 0 aliphatic rings. The van der Waals surface area contributed by atoms with E-state index in [1.807, 2.05) is 25.3 Å². The lowest BCUT2D eigenvalue weighted by Gasteiger charge is -2.06. The third-order valence-corrected chi connectivity index (χ3v) is 3.22. The molecule has 0 saturated carbocycles. The van der Waals surface area contributed by atoms with Crippen molar-refractivity contribution in [3.8, 4) is 5.75 Å². The second-order valence-corrected chi connectivity index (χ2v) is 4.32. The number of hydrogen-bond acceptors (Lipinski definition) is 2. The van der Waals surface area contributed by atoms with Crippen molar-refractivity contribution in [3.63, 3.8) is 0 Å². The SMILES string of the molecule is CCn1cc(OCc2cccc(Cl)c2Cl)cn1. The van der Waals surface area contributed by atoms with E-state index in [2.05, 4.69) is 5.10 Å². The lowest BCUT2D eigenvalue weighted by molar-refractivity contribution is 0.306. The minimum absolute atomic E-state index is 0.384. The molecule has 0 N–H and O–H groups in total. The van der Waals surface area contributed by atoms with Crippen molar-refractivity contribution in [2.75, 3.05) is 0 Å². The van der Waals surface area contributed by atoms with Gasteiger partial charge in [-0.3, -0.25) is 4.68 Å². The lowest BCUT2D eigenvalue weighted by Crippen LogP contribution is -1.96. The number of ether oxygens (including phenoxy) is 1. The summed E-state index contributed by atoms with van der Waals surface area (Å²) in [6.45, 7) is 3.22. The molecule has 0 aliphatic heterocycles. The molecule has 3 nitrogen and oxygen atoms in total. The van der Waals surface area contributed by atoms with E-state index in [1.165, 1.54) is 0 Å². The summed E-state index contributed by atoms with van der Waals surface area (Å²) in [7, 11) is 0. The molecule has 0 bridgehead atoms. The number of aromatic nitrogens is 2. The maximum atomic E-state index is 6.06. The Hall–Kier alpha value is -1.19. The number of rotatable bonds is 4. The van der Waals surface area contributed by atoms with Crippen molar-refractivity contribution >= 4 is 23.2 Å². The maximum Gasteiger partial charge on any atom is 0.157 e. The molecule has 0 radical (unpaired) electrons. The summed E-state index contributed by atoms with van der Waals surface area (Å²) < 4.78 is 7.38. The van der Waals surface area contributed by atoms with Crippen molar-refractivity contribution < 1.29 is 4.74 Å². The maximum absolute atomic E-state index is 6.06. The first-order chi connectivity index (χ1) is 8.20. The molecule has 17 heavy (non-hydrogen) atoms. The summed E-state index contributed by atoms with van der Waals surface area (Å²) in [6, 6.07) is 5.49. The predicted molar refractivity (Wildman–Crippen MR) is 68.7 cm³/mol. The van der Waals surface area contributed by atoms with E-state index in [0.717, 1.165) is 17.9 Å². The van der Waals surface area contributed by atoms with Crippen LogP contribution in [0.25, 0.3) is 0 Å². The largest absolute Gasteiger partial charge is 0.486 e. The third-order valence-electron chi connectivity index (χ3n) is 2.36. The first kappa shape index (κ1) is 12.3. The van der Waals surface area contributed by atoms with Gasteiger partial charge in [-0.15, -0.1) is 0 Å². The highest BCUT2D eigenvalue weighted by Gasteiger charge is 2.05. The van der Waals surface area contributed by atoms with Crippen LogP contribution in [0.2, 0.25) is 10.0 Å². The number of benzene rings is 1. The molecule has 0 amide bonds. The standard InChI is InChI=1S/C12H12Cl2N2O/c1-2-16-7-10(6-15-16)17-8-9-4-3-5-11(13)12(9)14/h3-7H,2,8H2,1H3. The Morgan fingerprint density at radius 1 is 1.35 bits per heavy atom. The molecule has 1 heterocycles. The van der Waals surface area contributed by atoms with Crippen LogP contribution >= 0.6 is 23.2 Å². The van der Waals surface area contributed by atoms with Gasteiger partial charge in [-0.1, -0.05) is 35.3 Å². The number of aryl methyl sites for hydroxylation is 1. The molecule has 0 spiro atoms. The normalized spacial score (nSPS) is 10.5. The topological polar surface area (TPSA) is 27.1 Å². The molecule has 1 aromatic heterocycles. The van der Waals surface area contributed by atoms with Gasteiger partial charge in [0.15, 0.2) is 5.75 Å². The minimum Gasteiger partial charge on any atom is -0.486 e. The van der Waals surface area contributed by atoms with Crippen LogP contribution in [-0.2, 0) is 13.2 Å². The van der Waals surface area contributed by atoms with Crippen LogP contribution in [0, 0.1) is 0 Å². The molecule has 0 aliphatic carbocycles. The Morgan fingerprint density at radius 3 is 2.88 bits per heavy atom. The van der Waals surface area contributed by atoms with E-state index < -0.39 is 0 Å². The van der Waals surface area contributed by atoms with Crippen LogP contribution in [0.15, 0.2) is 30.6 Å². The van der Waals surface area contributed by atoms with Gasteiger partial charge in [0.2, 0.25) is 0 Å². The van der Waals surface area contributed by atoms with Crippen molar-refractivity contribution in [3.05, 3.63) is 46.2 Å². The Bertz CT molecular complexity index is 511. The Balaban J connectivity index is 2.04.